The van der Waals surface area contributed by atoms with E-state index in [1.165, 1.54) is 24.4 Å². The fourth-order valence-electron chi connectivity index (χ4n) is 1.21. The van der Waals surface area contributed by atoms with Crippen molar-refractivity contribution < 1.29 is 4.79 Å². The average Bonchev–Trinajstić information content (AvgIpc) is 2.32. The van der Waals surface area contributed by atoms with E-state index in [1.54, 1.807) is 12.1 Å². The maximum atomic E-state index is 11.7. The Morgan fingerprint density at radius 2 is 2.12 bits per heavy atom. The molecule has 0 aromatic carbocycles. The molecule has 0 saturated heterocycles. The molecule has 0 spiro atoms. The molecule has 0 aliphatic heterocycles. The molecule has 0 atom stereocenters. The molecule has 6 heteroatoms. The van der Waals surface area contributed by atoms with Gasteiger partial charge < -0.3 is 10.3 Å². The average molecular weight is 250 g/mol. The summed E-state index contributed by atoms with van der Waals surface area (Å²) in [7, 11) is 0. The van der Waals surface area contributed by atoms with Gasteiger partial charge in [-0.3, -0.25) is 9.59 Å². The number of rotatable bonds is 2. The summed E-state index contributed by atoms with van der Waals surface area (Å²) >= 11 is 5.66. The van der Waals surface area contributed by atoms with E-state index in [4.69, 9.17) is 11.6 Å². The highest BCUT2D eigenvalue weighted by Crippen LogP contribution is 2.10. The van der Waals surface area contributed by atoms with Crippen LogP contribution in [0.3, 0.4) is 0 Å². The summed E-state index contributed by atoms with van der Waals surface area (Å²) in [6, 6.07) is 7.52. The van der Waals surface area contributed by atoms with E-state index in [1.807, 2.05) is 0 Å². The van der Waals surface area contributed by atoms with Crippen LogP contribution in [0.5, 0.6) is 0 Å². The van der Waals surface area contributed by atoms with E-state index in [2.05, 4.69) is 15.3 Å². The second-order valence-corrected chi connectivity index (χ2v) is 3.68. The number of hydrogen-bond donors (Lipinski definition) is 2. The van der Waals surface area contributed by atoms with Crippen molar-refractivity contribution >= 4 is 23.3 Å². The zero-order valence-corrected chi connectivity index (χ0v) is 9.36. The third-order valence-corrected chi connectivity index (χ3v) is 2.21. The molecule has 0 unspecified atom stereocenters. The second-order valence-electron chi connectivity index (χ2n) is 3.24. The molecule has 2 aromatic rings. The smallest absolute Gasteiger partial charge is 0.273 e. The predicted molar refractivity (Wildman–Crippen MR) is 64.3 cm³/mol. The van der Waals surface area contributed by atoms with Crippen LogP contribution in [0.2, 0.25) is 5.02 Å². The Balaban J connectivity index is 2.17. The molecule has 1 amide bonds. The highest BCUT2D eigenvalue weighted by molar-refractivity contribution is 6.30. The standard InChI is InChI=1S/C11H8ClN3O2/c12-7-4-5-9(13-6-7)15-11(17)8-2-1-3-10(16)14-8/h1-6H,(H,14,16)(H,13,15,17). The first-order chi connectivity index (χ1) is 8.15. The first-order valence-electron chi connectivity index (χ1n) is 4.77. The normalized spacial score (nSPS) is 9.94. The Morgan fingerprint density at radius 1 is 1.29 bits per heavy atom. The van der Waals surface area contributed by atoms with Crippen molar-refractivity contribution in [3.63, 3.8) is 0 Å². The van der Waals surface area contributed by atoms with E-state index in [-0.39, 0.29) is 11.3 Å². The molecule has 2 N–H and O–H groups in total. The molecule has 0 bridgehead atoms. The van der Waals surface area contributed by atoms with E-state index >= 15 is 0 Å². The largest absolute Gasteiger partial charge is 0.318 e. The number of H-pyrrole nitrogens is 1. The summed E-state index contributed by atoms with van der Waals surface area (Å²) in [4.78, 5) is 29.0. The van der Waals surface area contributed by atoms with Crippen LogP contribution < -0.4 is 10.9 Å². The maximum Gasteiger partial charge on any atom is 0.273 e. The Labute approximate surface area is 101 Å². The SMILES string of the molecule is O=C(Nc1ccc(Cl)cn1)c1cccc(=O)[nH]1. The molecular formula is C11H8ClN3O2. The monoisotopic (exact) mass is 249 g/mol. The number of anilines is 1. The van der Waals surface area contributed by atoms with Gasteiger partial charge in [0, 0.05) is 12.3 Å². The van der Waals surface area contributed by atoms with Crippen LogP contribution in [0.4, 0.5) is 5.82 Å². The van der Waals surface area contributed by atoms with E-state index in [0.717, 1.165) is 0 Å². The van der Waals surface area contributed by atoms with Crippen LogP contribution in [-0.2, 0) is 0 Å². The number of halogens is 1. The van der Waals surface area contributed by atoms with Gasteiger partial charge in [-0.05, 0) is 18.2 Å². The zero-order chi connectivity index (χ0) is 12.3. The van der Waals surface area contributed by atoms with E-state index in [0.29, 0.717) is 10.8 Å². The molecule has 2 aromatic heterocycles. The predicted octanol–water partition coefficient (Wildman–Crippen LogP) is 1.68. The first kappa shape index (κ1) is 11.3. The molecule has 0 aliphatic carbocycles. The van der Waals surface area contributed by atoms with Crippen LogP contribution in [0.15, 0.2) is 41.3 Å². The number of aromatic amines is 1. The molecule has 0 fully saturated rings. The van der Waals surface area contributed by atoms with Gasteiger partial charge in [-0.25, -0.2) is 4.98 Å². The molecule has 0 radical (unpaired) electrons. The molecule has 2 rings (SSSR count). The summed E-state index contributed by atoms with van der Waals surface area (Å²) in [6.07, 6.45) is 1.42. The second kappa shape index (κ2) is 4.80. The van der Waals surface area contributed by atoms with Gasteiger partial charge in [-0.2, -0.15) is 0 Å². The van der Waals surface area contributed by atoms with Gasteiger partial charge in [-0.1, -0.05) is 17.7 Å². The molecule has 2 heterocycles. The lowest BCUT2D eigenvalue weighted by molar-refractivity contribution is 0.102. The molecule has 17 heavy (non-hydrogen) atoms. The summed E-state index contributed by atoms with van der Waals surface area (Å²) in [5, 5.41) is 3.02. The van der Waals surface area contributed by atoms with Crippen molar-refractivity contribution in [2.75, 3.05) is 5.32 Å². The van der Waals surface area contributed by atoms with Crippen LogP contribution in [0, 0.1) is 0 Å². The summed E-state index contributed by atoms with van der Waals surface area (Å²) < 4.78 is 0. The zero-order valence-electron chi connectivity index (χ0n) is 8.61. The highest BCUT2D eigenvalue weighted by atomic mass is 35.5. The first-order valence-corrected chi connectivity index (χ1v) is 5.15. The number of aromatic nitrogens is 2. The quantitative estimate of drug-likeness (QED) is 0.850. The van der Waals surface area contributed by atoms with Crippen LogP contribution in [0.25, 0.3) is 0 Å². The number of amides is 1. The lowest BCUT2D eigenvalue weighted by Crippen LogP contribution is -2.18. The lowest BCUT2D eigenvalue weighted by atomic mass is 10.3. The summed E-state index contributed by atoms with van der Waals surface area (Å²) in [5.41, 5.74) is -0.157. The van der Waals surface area contributed by atoms with Crippen LogP contribution in [0.1, 0.15) is 10.5 Å². The number of carbonyl (C=O) groups excluding carboxylic acids is 1. The van der Waals surface area contributed by atoms with Crippen molar-refractivity contribution in [1.82, 2.24) is 9.97 Å². The number of carbonyl (C=O) groups is 1. The Morgan fingerprint density at radius 3 is 2.76 bits per heavy atom. The van der Waals surface area contributed by atoms with Gasteiger partial charge >= 0.3 is 0 Å². The van der Waals surface area contributed by atoms with Gasteiger partial charge in [0.2, 0.25) is 5.56 Å². The van der Waals surface area contributed by atoms with Gasteiger partial charge in [0.25, 0.3) is 5.91 Å². The minimum absolute atomic E-state index is 0.175. The molecular weight excluding hydrogens is 242 g/mol. The van der Waals surface area contributed by atoms with Gasteiger partial charge in [0.15, 0.2) is 0 Å². The molecule has 0 aliphatic rings. The van der Waals surface area contributed by atoms with Crippen molar-refractivity contribution in [2.24, 2.45) is 0 Å². The van der Waals surface area contributed by atoms with Gasteiger partial charge in [0.1, 0.15) is 11.5 Å². The summed E-state index contributed by atoms with van der Waals surface area (Å²) in [6.45, 7) is 0. The van der Waals surface area contributed by atoms with Crippen molar-refractivity contribution in [1.29, 1.82) is 0 Å². The molecule has 5 nitrogen and oxygen atoms in total. The third kappa shape index (κ3) is 2.92. The molecule has 86 valence electrons. The number of pyridine rings is 2. The van der Waals surface area contributed by atoms with Crippen LogP contribution in [-0.4, -0.2) is 15.9 Å². The number of nitrogens with one attached hydrogen (secondary N) is 2. The third-order valence-electron chi connectivity index (χ3n) is 1.98. The van der Waals surface area contributed by atoms with Crippen LogP contribution >= 0.6 is 11.6 Å². The minimum atomic E-state index is -0.433. The van der Waals surface area contributed by atoms with Gasteiger partial charge in [-0.15, -0.1) is 0 Å². The van der Waals surface area contributed by atoms with Crippen molar-refractivity contribution in [3.8, 4) is 0 Å². The van der Waals surface area contributed by atoms with Crippen molar-refractivity contribution in [2.45, 2.75) is 0 Å². The topological polar surface area (TPSA) is 74.8 Å². The number of nitrogens with zero attached hydrogens (tertiary/aromatic N) is 1. The maximum absolute atomic E-state index is 11.7. The Bertz CT molecular complexity index is 592. The minimum Gasteiger partial charge on any atom is -0.318 e. The fraction of sp³-hybridized carbons (Fsp3) is 0. The Hall–Kier alpha value is -2.14. The highest BCUT2D eigenvalue weighted by Gasteiger charge is 2.06. The lowest BCUT2D eigenvalue weighted by Gasteiger charge is -2.03. The number of hydrogen-bond acceptors (Lipinski definition) is 3. The Kier molecular flexibility index (Phi) is 3.20. The van der Waals surface area contributed by atoms with E-state index < -0.39 is 5.91 Å². The van der Waals surface area contributed by atoms with Crippen molar-refractivity contribution in [3.05, 3.63) is 57.6 Å². The fourth-order valence-corrected chi connectivity index (χ4v) is 1.33. The molecule has 0 saturated carbocycles. The van der Waals surface area contributed by atoms with Gasteiger partial charge in [0.05, 0.1) is 5.02 Å². The summed E-state index contributed by atoms with van der Waals surface area (Å²) in [5.74, 6) is -0.0679. The van der Waals surface area contributed by atoms with E-state index in [9.17, 15) is 9.59 Å².